The van der Waals surface area contributed by atoms with E-state index in [1.807, 2.05) is 0 Å². The van der Waals surface area contributed by atoms with Crippen molar-refractivity contribution in [1.82, 2.24) is 10.6 Å². The first-order chi connectivity index (χ1) is 11.7. The van der Waals surface area contributed by atoms with Crippen LogP contribution in [-0.4, -0.2) is 23.0 Å². The molecule has 2 aliphatic carbocycles. The summed E-state index contributed by atoms with van der Waals surface area (Å²) < 4.78 is 0. The highest BCUT2D eigenvalue weighted by Crippen LogP contribution is 2.40. The summed E-state index contributed by atoms with van der Waals surface area (Å²) in [7, 11) is 0. The smallest absolute Gasteiger partial charge is 0.225 e. The minimum atomic E-state index is -0.108. The largest absolute Gasteiger partial charge is 0.353 e. The van der Waals surface area contributed by atoms with Crippen LogP contribution in [0.1, 0.15) is 92.4 Å². The number of rotatable bonds is 3. The van der Waals surface area contributed by atoms with Crippen molar-refractivity contribution in [3.8, 4) is 0 Å². The highest BCUT2D eigenvalue weighted by Gasteiger charge is 2.47. The van der Waals surface area contributed by atoms with Gasteiger partial charge in [0, 0.05) is 17.1 Å². The van der Waals surface area contributed by atoms with Crippen molar-refractivity contribution in [1.29, 1.82) is 0 Å². The third-order valence-corrected chi connectivity index (χ3v) is 7.41. The van der Waals surface area contributed by atoms with Crippen LogP contribution in [0.4, 0.5) is 0 Å². The molecule has 2 N–H and O–H groups in total. The minimum absolute atomic E-state index is 0.0568. The molecule has 1 amide bonds. The maximum Gasteiger partial charge on any atom is 0.225 e. The predicted molar refractivity (Wildman–Crippen MR) is 104 cm³/mol. The second kappa shape index (κ2) is 7.21. The fraction of sp³-hybridized carbons (Fsp3) is 0.955. The summed E-state index contributed by atoms with van der Waals surface area (Å²) in [6, 6.07) is 0.408. The second-order valence-electron chi connectivity index (χ2n) is 10.6. The normalized spacial score (nSPS) is 40.6. The molecule has 25 heavy (non-hydrogen) atoms. The summed E-state index contributed by atoms with van der Waals surface area (Å²) in [5.74, 6) is 3.19. The van der Waals surface area contributed by atoms with E-state index < -0.39 is 0 Å². The van der Waals surface area contributed by atoms with E-state index in [4.69, 9.17) is 0 Å². The first-order valence-corrected chi connectivity index (χ1v) is 10.8. The molecule has 1 saturated heterocycles. The lowest BCUT2D eigenvalue weighted by Gasteiger charge is -2.38. The molecular formula is C22H40N2O. The van der Waals surface area contributed by atoms with Crippen molar-refractivity contribution in [3.05, 3.63) is 0 Å². The topological polar surface area (TPSA) is 41.1 Å². The number of carbonyl (C=O) groups excluding carboxylic acids is 1. The molecule has 144 valence electrons. The van der Waals surface area contributed by atoms with E-state index >= 15 is 0 Å². The lowest BCUT2D eigenvalue weighted by molar-refractivity contribution is -0.127. The van der Waals surface area contributed by atoms with Gasteiger partial charge in [-0.1, -0.05) is 19.8 Å². The third-order valence-electron chi connectivity index (χ3n) is 7.41. The van der Waals surface area contributed by atoms with Gasteiger partial charge in [-0.15, -0.1) is 0 Å². The molecule has 3 aliphatic rings. The molecule has 3 heteroatoms. The zero-order chi connectivity index (χ0) is 18.2. The van der Waals surface area contributed by atoms with Gasteiger partial charge in [0.1, 0.15) is 0 Å². The van der Waals surface area contributed by atoms with Crippen LogP contribution in [0.5, 0.6) is 0 Å². The first-order valence-electron chi connectivity index (χ1n) is 10.8. The van der Waals surface area contributed by atoms with Crippen molar-refractivity contribution >= 4 is 5.91 Å². The van der Waals surface area contributed by atoms with Crippen molar-refractivity contribution in [2.45, 2.75) is 110 Å². The molecule has 1 heterocycles. The van der Waals surface area contributed by atoms with Gasteiger partial charge in [-0.2, -0.15) is 0 Å². The van der Waals surface area contributed by atoms with E-state index in [1.54, 1.807) is 0 Å². The third kappa shape index (κ3) is 4.59. The van der Waals surface area contributed by atoms with Crippen LogP contribution in [0, 0.1) is 23.7 Å². The van der Waals surface area contributed by atoms with E-state index in [1.165, 1.54) is 51.4 Å². The molecule has 1 aliphatic heterocycles. The highest BCUT2D eigenvalue weighted by molar-refractivity contribution is 5.81. The van der Waals surface area contributed by atoms with Crippen LogP contribution >= 0.6 is 0 Å². The molecule has 3 rings (SSSR count). The molecule has 2 saturated carbocycles. The summed E-state index contributed by atoms with van der Waals surface area (Å²) in [4.78, 5) is 12.9. The van der Waals surface area contributed by atoms with Gasteiger partial charge in [0.15, 0.2) is 0 Å². The lowest BCUT2D eigenvalue weighted by Crippen LogP contribution is -2.50. The van der Waals surface area contributed by atoms with E-state index in [0.717, 1.165) is 24.2 Å². The van der Waals surface area contributed by atoms with Crippen molar-refractivity contribution in [3.63, 3.8) is 0 Å². The fourth-order valence-corrected chi connectivity index (χ4v) is 5.99. The average molecular weight is 349 g/mol. The molecule has 0 aromatic rings. The van der Waals surface area contributed by atoms with Gasteiger partial charge in [-0.05, 0) is 90.4 Å². The number of hydrogen-bond donors (Lipinski definition) is 2. The van der Waals surface area contributed by atoms with Gasteiger partial charge in [-0.3, -0.25) is 4.79 Å². The lowest BCUT2D eigenvalue weighted by atomic mass is 9.70. The summed E-state index contributed by atoms with van der Waals surface area (Å²) in [5.41, 5.74) is -0.0507. The van der Waals surface area contributed by atoms with Gasteiger partial charge in [-0.25, -0.2) is 0 Å². The van der Waals surface area contributed by atoms with Crippen molar-refractivity contribution < 1.29 is 4.79 Å². The Morgan fingerprint density at radius 3 is 1.88 bits per heavy atom. The maximum absolute atomic E-state index is 12.9. The predicted octanol–water partition coefficient (Wildman–Crippen LogP) is 4.65. The zero-order valence-corrected chi connectivity index (χ0v) is 17.2. The van der Waals surface area contributed by atoms with E-state index in [-0.39, 0.29) is 22.9 Å². The molecule has 1 atom stereocenters. The number of nitrogens with one attached hydrogen (secondary N) is 2. The van der Waals surface area contributed by atoms with E-state index in [0.29, 0.717) is 6.04 Å². The van der Waals surface area contributed by atoms with Gasteiger partial charge in [0.25, 0.3) is 0 Å². The Bertz CT molecular complexity index is 468. The first kappa shape index (κ1) is 19.2. The highest BCUT2D eigenvalue weighted by atomic mass is 16.2. The van der Waals surface area contributed by atoms with Crippen LogP contribution in [-0.2, 0) is 4.79 Å². The van der Waals surface area contributed by atoms with Crippen LogP contribution in [0.2, 0.25) is 0 Å². The molecule has 0 aromatic heterocycles. The molecule has 0 spiro atoms. The number of amides is 1. The molecular weight excluding hydrogens is 308 g/mol. The summed E-state index contributed by atoms with van der Waals surface area (Å²) in [6.45, 7) is 11.2. The van der Waals surface area contributed by atoms with Crippen LogP contribution in [0.25, 0.3) is 0 Å². The van der Waals surface area contributed by atoms with Gasteiger partial charge < -0.3 is 10.6 Å². The molecule has 1 unspecified atom stereocenters. The Hall–Kier alpha value is -0.570. The second-order valence-corrected chi connectivity index (χ2v) is 10.6. The average Bonchev–Trinajstić information content (AvgIpc) is 2.76. The molecule has 3 fully saturated rings. The Labute approximate surface area is 155 Å². The monoisotopic (exact) mass is 348 g/mol. The standard InChI is InChI=1S/C22H40N2O/c1-15-6-8-16(9-7-15)17-10-12-18(13-11-17)23-20(25)19-14-21(2,3)24-22(19,4)5/h15-19,24H,6-14H2,1-5H3,(H,23,25). The fourth-order valence-electron chi connectivity index (χ4n) is 5.99. The summed E-state index contributed by atoms with van der Waals surface area (Å²) in [6.07, 6.45) is 11.7. The Morgan fingerprint density at radius 1 is 0.880 bits per heavy atom. The Morgan fingerprint density at radius 2 is 1.40 bits per heavy atom. The zero-order valence-electron chi connectivity index (χ0n) is 17.2. The van der Waals surface area contributed by atoms with Gasteiger partial charge >= 0.3 is 0 Å². The Balaban J connectivity index is 1.47. The number of hydrogen-bond acceptors (Lipinski definition) is 2. The van der Waals surface area contributed by atoms with Crippen molar-refractivity contribution in [2.24, 2.45) is 23.7 Å². The van der Waals surface area contributed by atoms with Crippen molar-refractivity contribution in [2.75, 3.05) is 0 Å². The van der Waals surface area contributed by atoms with E-state index in [9.17, 15) is 4.79 Å². The van der Waals surface area contributed by atoms with Crippen LogP contribution in [0.3, 0.4) is 0 Å². The van der Waals surface area contributed by atoms with Gasteiger partial charge in [0.2, 0.25) is 5.91 Å². The van der Waals surface area contributed by atoms with Crippen LogP contribution in [0.15, 0.2) is 0 Å². The SMILES string of the molecule is CC1CCC(C2CCC(NC(=O)C3CC(C)(C)NC3(C)C)CC2)CC1. The quantitative estimate of drug-likeness (QED) is 0.779. The van der Waals surface area contributed by atoms with Crippen LogP contribution < -0.4 is 10.6 Å². The minimum Gasteiger partial charge on any atom is -0.353 e. The molecule has 0 aromatic carbocycles. The van der Waals surface area contributed by atoms with Gasteiger partial charge in [0.05, 0.1) is 5.92 Å². The molecule has 0 radical (unpaired) electrons. The maximum atomic E-state index is 12.9. The summed E-state index contributed by atoms with van der Waals surface area (Å²) in [5, 5.41) is 7.04. The van der Waals surface area contributed by atoms with E-state index in [2.05, 4.69) is 45.3 Å². The number of carbonyl (C=O) groups is 1. The summed E-state index contributed by atoms with van der Waals surface area (Å²) >= 11 is 0. The Kier molecular flexibility index (Phi) is 5.54. The molecule has 0 bridgehead atoms. The molecule has 3 nitrogen and oxygen atoms in total.